The van der Waals surface area contributed by atoms with Crippen molar-refractivity contribution in [1.82, 2.24) is 0 Å². The number of aliphatic hydroxyl groups excluding tert-OH is 1. The zero-order chi connectivity index (χ0) is 16.1. The Labute approximate surface area is 139 Å². The molecule has 2 fully saturated rings. The number of hydrogen-bond acceptors (Lipinski definition) is 1. The number of rotatable bonds is 6. The van der Waals surface area contributed by atoms with Gasteiger partial charge in [-0.15, -0.1) is 0 Å². The molecule has 0 aromatic heterocycles. The highest BCUT2D eigenvalue weighted by atomic mass is 16.3. The second-order valence-corrected chi connectivity index (χ2v) is 8.76. The fraction of sp³-hybridized carbons (Fsp3) is 1.00. The van der Waals surface area contributed by atoms with E-state index in [0.29, 0.717) is 0 Å². The van der Waals surface area contributed by atoms with Crippen LogP contribution in [0.3, 0.4) is 0 Å². The van der Waals surface area contributed by atoms with E-state index in [1.807, 2.05) is 0 Å². The molecule has 1 N–H and O–H groups in total. The van der Waals surface area contributed by atoms with Crippen LogP contribution in [0.1, 0.15) is 91.9 Å². The van der Waals surface area contributed by atoms with Crippen molar-refractivity contribution in [2.45, 2.75) is 98.0 Å². The highest BCUT2D eigenvalue weighted by Gasteiger charge is 2.37. The van der Waals surface area contributed by atoms with Crippen molar-refractivity contribution in [1.29, 1.82) is 0 Å². The van der Waals surface area contributed by atoms with Crippen LogP contribution in [0.2, 0.25) is 0 Å². The molecule has 0 aromatic carbocycles. The molecule has 0 saturated heterocycles. The lowest BCUT2D eigenvalue weighted by Crippen LogP contribution is -2.35. The van der Waals surface area contributed by atoms with E-state index < -0.39 is 0 Å². The molecule has 4 unspecified atom stereocenters. The van der Waals surface area contributed by atoms with Crippen molar-refractivity contribution in [3.05, 3.63) is 0 Å². The van der Waals surface area contributed by atoms with E-state index >= 15 is 0 Å². The third-order valence-corrected chi connectivity index (χ3v) is 7.02. The summed E-state index contributed by atoms with van der Waals surface area (Å²) < 4.78 is 0. The smallest absolute Gasteiger partial charge is 0.0540 e. The first-order valence-electron chi connectivity index (χ1n) is 10.2. The van der Waals surface area contributed by atoms with Crippen molar-refractivity contribution < 1.29 is 5.11 Å². The molecule has 130 valence electrons. The standard InChI is InChI=1S/C21H40O/c1-5-7-16(6-2)19-12-18(15(3)4)13-20(14-19)17-8-10-21(22)11-9-17/h15-22H,5-14H2,1-4H3. The molecule has 4 atom stereocenters. The fourth-order valence-electron chi connectivity index (χ4n) is 5.49. The maximum atomic E-state index is 9.81. The van der Waals surface area contributed by atoms with E-state index in [9.17, 15) is 5.11 Å². The lowest BCUT2D eigenvalue weighted by Gasteiger charge is -2.44. The van der Waals surface area contributed by atoms with E-state index in [1.54, 1.807) is 0 Å². The van der Waals surface area contributed by atoms with Crippen molar-refractivity contribution >= 4 is 0 Å². The molecule has 0 heterocycles. The van der Waals surface area contributed by atoms with Gasteiger partial charge in [0.15, 0.2) is 0 Å². The molecular formula is C21H40O. The second kappa shape index (κ2) is 8.71. The highest BCUT2D eigenvalue weighted by molar-refractivity contribution is 4.88. The van der Waals surface area contributed by atoms with Gasteiger partial charge in [0.2, 0.25) is 0 Å². The van der Waals surface area contributed by atoms with E-state index in [1.165, 1.54) is 51.4 Å². The van der Waals surface area contributed by atoms with Gasteiger partial charge < -0.3 is 5.11 Å². The van der Waals surface area contributed by atoms with Crippen LogP contribution in [0.4, 0.5) is 0 Å². The zero-order valence-electron chi connectivity index (χ0n) is 15.6. The lowest BCUT2D eigenvalue weighted by molar-refractivity contribution is 0.0398. The maximum Gasteiger partial charge on any atom is 0.0540 e. The minimum Gasteiger partial charge on any atom is -0.393 e. The largest absolute Gasteiger partial charge is 0.393 e. The summed E-state index contributed by atoms with van der Waals surface area (Å²) >= 11 is 0. The predicted octanol–water partition coefficient (Wildman–Crippen LogP) is 6.05. The van der Waals surface area contributed by atoms with Crippen molar-refractivity contribution in [2.24, 2.45) is 35.5 Å². The fourth-order valence-corrected chi connectivity index (χ4v) is 5.49. The predicted molar refractivity (Wildman–Crippen MR) is 95.8 cm³/mol. The molecule has 1 heteroatoms. The van der Waals surface area contributed by atoms with Gasteiger partial charge in [0.1, 0.15) is 0 Å². The third-order valence-electron chi connectivity index (χ3n) is 7.02. The molecule has 2 rings (SSSR count). The molecule has 2 aliphatic rings. The van der Waals surface area contributed by atoms with Crippen molar-refractivity contribution in [2.75, 3.05) is 0 Å². The number of aliphatic hydroxyl groups is 1. The van der Waals surface area contributed by atoms with Crippen LogP contribution in [-0.4, -0.2) is 11.2 Å². The van der Waals surface area contributed by atoms with Gasteiger partial charge in [0.25, 0.3) is 0 Å². The average Bonchev–Trinajstić information content (AvgIpc) is 2.52. The van der Waals surface area contributed by atoms with Crippen LogP contribution >= 0.6 is 0 Å². The van der Waals surface area contributed by atoms with Gasteiger partial charge >= 0.3 is 0 Å². The molecule has 0 radical (unpaired) electrons. The van der Waals surface area contributed by atoms with Crippen LogP contribution in [0.5, 0.6) is 0 Å². The van der Waals surface area contributed by atoms with Crippen molar-refractivity contribution in [3.8, 4) is 0 Å². The summed E-state index contributed by atoms with van der Waals surface area (Å²) in [7, 11) is 0. The first kappa shape index (κ1) is 18.3. The summed E-state index contributed by atoms with van der Waals surface area (Å²) in [6.07, 6.45) is 13.3. The van der Waals surface area contributed by atoms with Gasteiger partial charge in [-0.25, -0.2) is 0 Å². The summed E-state index contributed by atoms with van der Waals surface area (Å²) in [5, 5.41) is 9.81. The molecule has 2 saturated carbocycles. The van der Waals surface area contributed by atoms with Crippen LogP contribution in [0, 0.1) is 35.5 Å². The van der Waals surface area contributed by atoms with E-state index in [4.69, 9.17) is 0 Å². The molecule has 0 spiro atoms. The number of hydrogen-bond donors (Lipinski definition) is 1. The van der Waals surface area contributed by atoms with Gasteiger partial charge in [-0.1, -0.05) is 47.0 Å². The van der Waals surface area contributed by atoms with Gasteiger partial charge in [0, 0.05) is 0 Å². The molecular weight excluding hydrogens is 268 g/mol. The van der Waals surface area contributed by atoms with E-state index in [0.717, 1.165) is 48.3 Å². The quantitative estimate of drug-likeness (QED) is 0.633. The van der Waals surface area contributed by atoms with Crippen LogP contribution < -0.4 is 0 Å². The molecule has 1 nitrogen and oxygen atoms in total. The van der Waals surface area contributed by atoms with Gasteiger partial charge in [0.05, 0.1) is 6.10 Å². The Kier molecular flexibility index (Phi) is 7.25. The van der Waals surface area contributed by atoms with Crippen LogP contribution in [0.15, 0.2) is 0 Å². The zero-order valence-corrected chi connectivity index (χ0v) is 15.6. The first-order chi connectivity index (χ1) is 10.5. The lowest BCUT2D eigenvalue weighted by atomic mass is 9.61. The Morgan fingerprint density at radius 2 is 1.50 bits per heavy atom. The van der Waals surface area contributed by atoms with Gasteiger partial charge in [-0.3, -0.25) is 0 Å². The third kappa shape index (κ3) is 4.73. The minimum atomic E-state index is 0.0000138. The average molecular weight is 309 g/mol. The Hall–Kier alpha value is -0.0400. The summed E-state index contributed by atoms with van der Waals surface area (Å²) in [4.78, 5) is 0. The van der Waals surface area contributed by atoms with Gasteiger partial charge in [-0.2, -0.15) is 0 Å². The Balaban J connectivity index is 2.02. The molecule has 22 heavy (non-hydrogen) atoms. The van der Waals surface area contributed by atoms with Crippen LogP contribution in [-0.2, 0) is 0 Å². The Morgan fingerprint density at radius 3 is 2.05 bits per heavy atom. The van der Waals surface area contributed by atoms with E-state index in [-0.39, 0.29) is 6.10 Å². The molecule has 0 aromatic rings. The topological polar surface area (TPSA) is 20.2 Å². The summed E-state index contributed by atoms with van der Waals surface area (Å²) in [5.74, 6) is 5.59. The Bertz CT molecular complexity index is 303. The molecule has 2 aliphatic carbocycles. The molecule has 0 aliphatic heterocycles. The summed E-state index contributed by atoms with van der Waals surface area (Å²) in [5.41, 5.74) is 0. The molecule has 0 bridgehead atoms. The minimum absolute atomic E-state index is 0.0000138. The van der Waals surface area contributed by atoms with Gasteiger partial charge in [-0.05, 0) is 80.5 Å². The van der Waals surface area contributed by atoms with Crippen LogP contribution in [0.25, 0.3) is 0 Å². The summed E-state index contributed by atoms with van der Waals surface area (Å²) in [6.45, 7) is 9.64. The highest BCUT2D eigenvalue weighted by Crippen LogP contribution is 2.47. The SMILES string of the molecule is CCCC(CC)C1CC(C(C)C)CC(C2CCC(O)CC2)C1. The monoisotopic (exact) mass is 308 g/mol. The summed E-state index contributed by atoms with van der Waals surface area (Å²) in [6, 6.07) is 0. The second-order valence-electron chi connectivity index (χ2n) is 8.76. The first-order valence-corrected chi connectivity index (χ1v) is 10.2. The molecule has 0 amide bonds. The maximum absolute atomic E-state index is 9.81. The normalized spacial score (nSPS) is 38.2. The van der Waals surface area contributed by atoms with E-state index in [2.05, 4.69) is 27.7 Å². The van der Waals surface area contributed by atoms with Crippen molar-refractivity contribution in [3.63, 3.8) is 0 Å². The Morgan fingerprint density at radius 1 is 0.864 bits per heavy atom.